The van der Waals surface area contributed by atoms with Crippen molar-refractivity contribution in [3.63, 3.8) is 0 Å². The van der Waals surface area contributed by atoms with Crippen LogP contribution in [-0.2, 0) is 14.3 Å². The van der Waals surface area contributed by atoms with Gasteiger partial charge < -0.3 is 14.8 Å². The standard InChI is InChI=1S/C22H26N2O4/c1-17(18-8-3-2-4-9-18)27-14-7-13-23-21(25)16-24-19-10-5-6-11-20(19)28-15-12-22(24)26/h2-6,8-11,17H,7,12-16H2,1H3,(H,23,25)/t17-/m1/s1. The fraction of sp³-hybridized carbons (Fsp3) is 0.364. The van der Waals surface area contributed by atoms with E-state index in [0.29, 0.717) is 37.6 Å². The fourth-order valence-electron chi connectivity index (χ4n) is 3.07. The Morgan fingerprint density at radius 1 is 1.18 bits per heavy atom. The number of para-hydroxylation sites is 2. The van der Waals surface area contributed by atoms with Gasteiger partial charge >= 0.3 is 0 Å². The van der Waals surface area contributed by atoms with Crippen LogP contribution in [0.4, 0.5) is 5.69 Å². The van der Waals surface area contributed by atoms with Crippen molar-refractivity contribution in [3.05, 3.63) is 60.2 Å². The molecular formula is C22H26N2O4. The summed E-state index contributed by atoms with van der Waals surface area (Å²) in [5, 5.41) is 2.86. The molecule has 0 unspecified atom stereocenters. The first-order chi connectivity index (χ1) is 13.6. The molecular weight excluding hydrogens is 356 g/mol. The zero-order valence-corrected chi connectivity index (χ0v) is 16.1. The van der Waals surface area contributed by atoms with E-state index < -0.39 is 0 Å². The third kappa shape index (κ3) is 5.33. The Morgan fingerprint density at radius 2 is 1.93 bits per heavy atom. The Kier molecular flexibility index (Phi) is 7.03. The van der Waals surface area contributed by atoms with Crippen molar-refractivity contribution in [3.8, 4) is 5.75 Å². The lowest BCUT2D eigenvalue weighted by Crippen LogP contribution is -2.41. The van der Waals surface area contributed by atoms with Gasteiger partial charge in [0.25, 0.3) is 0 Å². The molecule has 6 nitrogen and oxygen atoms in total. The van der Waals surface area contributed by atoms with Crippen LogP contribution < -0.4 is 15.0 Å². The highest BCUT2D eigenvalue weighted by Gasteiger charge is 2.24. The van der Waals surface area contributed by atoms with Gasteiger partial charge in [-0.2, -0.15) is 0 Å². The second-order valence-electron chi connectivity index (χ2n) is 6.67. The molecule has 3 rings (SSSR count). The normalized spacial score (nSPS) is 14.6. The molecule has 0 aromatic heterocycles. The molecule has 0 radical (unpaired) electrons. The molecule has 0 spiro atoms. The first-order valence-electron chi connectivity index (χ1n) is 9.60. The minimum Gasteiger partial charge on any atom is -0.491 e. The van der Waals surface area contributed by atoms with Gasteiger partial charge in [-0.05, 0) is 31.0 Å². The number of amides is 2. The van der Waals surface area contributed by atoms with Crippen molar-refractivity contribution in [2.24, 2.45) is 0 Å². The summed E-state index contributed by atoms with van der Waals surface area (Å²) in [6, 6.07) is 17.3. The third-order valence-electron chi connectivity index (χ3n) is 4.61. The molecule has 6 heteroatoms. The summed E-state index contributed by atoms with van der Waals surface area (Å²) >= 11 is 0. The van der Waals surface area contributed by atoms with Crippen LogP contribution in [-0.4, -0.2) is 38.1 Å². The molecule has 2 amide bonds. The topological polar surface area (TPSA) is 67.9 Å². The van der Waals surface area contributed by atoms with E-state index in [1.54, 1.807) is 6.07 Å². The van der Waals surface area contributed by atoms with Gasteiger partial charge in [0, 0.05) is 13.2 Å². The summed E-state index contributed by atoms with van der Waals surface area (Å²) in [5.74, 6) is 0.325. The van der Waals surface area contributed by atoms with Gasteiger partial charge in [-0.15, -0.1) is 0 Å². The number of ether oxygens (including phenoxy) is 2. The summed E-state index contributed by atoms with van der Waals surface area (Å²) in [6.07, 6.45) is 0.979. The molecule has 1 N–H and O–H groups in total. The number of carbonyl (C=O) groups excluding carboxylic acids is 2. The molecule has 1 atom stereocenters. The quantitative estimate of drug-likeness (QED) is 0.713. The second-order valence-corrected chi connectivity index (χ2v) is 6.67. The van der Waals surface area contributed by atoms with Gasteiger partial charge in [-0.3, -0.25) is 14.5 Å². The summed E-state index contributed by atoms with van der Waals surface area (Å²) in [4.78, 5) is 26.1. The van der Waals surface area contributed by atoms with Gasteiger partial charge in [-0.1, -0.05) is 42.5 Å². The number of hydrogen-bond donors (Lipinski definition) is 1. The second kappa shape index (κ2) is 9.90. The Hall–Kier alpha value is -2.86. The first-order valence-corrected chi connectivity index (χ1v) is 9.60. The fourth-order valence-corrected chi connectivity index (χ4v) is 3.07. The molecule has 0 bridgehead atoms. The minimum absolute atomic E-state index is 0.0134. The summed E-state index contributed by atoms with van der Waals surface area (Å²) < 4.78 is 11.4. The summed E-state index contributed by atoms with van der Waals surface area (Å²) in [6.45, 7) is 3.37. The van der Waals surface area contributed by atoms with Crippen LogP contribution in [0.25, 0.3) is 0 Å². The van der Waals surface area contributed by atoms with Crippen molar-refractivity contribution < 1.29 is 19.1 Å². The monoisotopic (exact) mass is 382 g/mol. The van der Waals surface area contributed by atoms with Gasteiger partial charge in [0.05, 0.1) is 24.8 Å². The van der Waals surface area contributed by atoms with E-state index in [1.165, 1.54) is 4.90 Å². The number of hydrogen-bond acceptors (Lipinski definition) is 4. The van der Waals surface area contributed by atoms with Gasteiger partial charge in [0.2, 0.25) is 11.8 Å². The van der Waals surface area contributed by atoms with E-state index >= 15 is 0 Å². The Balaban J connectivity index is 1.42. The maximum Gasteiger partial charge on any atom is 0.240 e. The van der Waals surface area contributed by atoms with Crippen molar-refractivity contribution in [1.82, 2.24) is 5.32 Å². The van der Waals surface area contributed by atoms with Crippen molar-refractivity contribution in [1.29, 1.82) is 0 Å². The summed E-state index contributed by atoms with van der Waals surface area (Å²) in [5.41, 5.74) is 1.77. The molecule has 2 aromatic rings. The van der Waals surface area contributed by atoms with E-state index in [9.17, 15) is 9.59 Å². The lowest BCUT2D eigenvalue weighted by atomic mass is 10.1. The number of nitrogens with zero attached hydrogens (tertiary/aromatic N) is 1. The molecule has 148 valence electrons. The Bertz CT molecular complexity index is 794. The molecule has 1 heterocycles. The van der Waals surface area contributed by atoms with Crippen LogP contribution in [0.5, 0.6) is 5.75 Å². The van der Waals surface area contributed by atoms with Gasteiger partial charge in [0.15, 0.2) is 0 Å². The molecule has 1 aliphatic rings. The first kappa shape index (κ1) is 19.9. The molecule has 28 heavy (non-hydrogen) atoms. The number of nitrogens with one attached hydrogen (secondary N) is 1. The van der Waals surface area contributed by atoms with Crippen LogP contribution in [0.15, 0.2) is 54.6 Å². The average Bonchev–Trinajstić information content (AvgIpc) is 2.87. The third-order valence-corrected chi connectivity index (χ3v) is 4.61. The van der Waals surface area contributed by atoms with Crippen LogP contribution >= 0.6 is 0 Å². The van der Waals surface area contributed by atoms with Crippen LogP contribution in [0, 0.1) is 0 Å². The zero-order valence-electron chi connectivity index (χ0n) is 16.1. The lowest BCUT2D eigenvalue weighted by molar-refractivity contribution is -0.124. The van der Waals surface area contributed by atoms with E-state index in [1.807, 2.05) is 55.5 Å². The average molecular weight is 382 g/mol. The number of carbonyl (C=O) groups is 2. The number of anilines is 1. The van der Waals surface area contributed by atoms with Crippen molar-refractivity contribution in [2.75, 3.05) is 31.2 Å². The summed E-state index contributed by atoms with van der Waals surface area (Å²) in [7, 11) is 0. The van der Waals surface area contributed by atoms with E-state index in [2.05, 4.69) is 5.32 Å². The SMILES string of the molecule is C[C@@H](OCCCNC(=O)CN1C(=O)CCOc2ccccc21)c1ccccc1. The van der Waals surface area contributed by atoms with E-state index in [4.69, 9.17) is 9.47 Å². The number of rotatable bonds is 8. The van der Waals surface area contributed by atoms with Gasteiger partial charge in [-0.25, -0.2) is 0 Å². The maximum atomic E-state index is 12.3. The van der Waals surface area contributed by atoms with Crippen molar-refractivity contribution in [2.45, 2.75) is 25.9 Å². The largest absolute Gasteiger partial charge is 0.491 e. The highest BCUT2D eigenvalue weighted by atomic mass is 16.5. The highest BCUT2D eigenvalue weighted by molar-refractivity contribution is 6.00. The molecule has 0 saturated carbocycles. The highest BCUT2D eigenvalue weighted by Crippen LogP contribution is 2.30. The maximum absolute atomic E-state index is 12.3. The predicted octanol–water partition coefficient (Wildman–Crippen LogP) is 3.09. The predicted molar refractivity (Wildman–Crippen MR) is 107 cm³/mol. The van der Waals surface area contributed by atoms with E-state index in [-0.39, 0.29) is 30.9 Å². The Labute approximate surface area is 165 Å². The number of benzene rings is 2. The smallest absolute Gasteiger partial charge is 0.240 e. The molecule has 0 saturated heterocycles. The molecule has 0 aliphatic carbocycles. The molecule has 1 aliphatic heterocycles. The van der Waals surface area contributed by atoms with Gasteiger partial charge in [0.1, 0.15) is 12.3 Å². The molecule has 2 aromatic carbocycles. The van der Waals surface area contributed by atoms with Crippen LogP contribution in [0.3, 0.4) is 0 Å². The lowest BCUT2D eigenvalue weighted by Gasteiger charge is -2.21. The number of fused-ring (bicyclic) bond motifs is 1. The molecule has 0 fully saturated rings. The zero-order chi connectivity index (χ0) is 19.8. The van der Waals surface area contributed by atoms with Crippen LogP contribution in [0.2, 0.25) is 0 Å². The van der Waals surface area contributed by atoms with Crippen molar-refractivity contribution >= 4 is 17.5 Å². The van der Waals surface area contributed by atoms with Crippen LogP contribution in [0.1, 0.15) is 31.4 Å². The van der Waals surface area contributed by atoms with E-state index in [0.717, 1.165) is 5.56 Å². The minimum atomic E-state index is -0.193. The Morgan fingerprint density at radius 3 is 2.75 bits per heavy atom.